The van der Waals surface area contributed by atoms with E-state index in [1.807, 2.05) is 0 Å². The third kappa shape index (κ3) is 4.83. The summed E-state index contributed by atoms with van der Waals surface area (Å²) in [6.45, 7) is -0.151. The van der Waals surface area contributed by atoms with Crippen molar-refractivity contribution in [3.05, 3.63) is 75.4 Å². The highest BCUT2D eigenvalue weighted by Gasteiger charge is 2.34. The Kier molecular flexibility index (Phi) is 6.04. The third-order valence-electron chi connectivity index (χ3n) is 4.03. The highest BCUT2D eigenvalue weighted by Crippen LogP contribution is 2.34. The first-order chi connectivity index (χ1) is 13.7. The minimum atomic E-state index is -4.55. The molecule has 1 amide bonds. The fourth-order valence-electron chi connectivity index (χ4n) is 2.67. The fraction of sp³-hybridized carbons (Fsp3) is 0.158. The van der Waals surface area contributed by atoms with E-state index in [4.69, 9.17) is 27.9 Å². The van der Waals surface area contributed by atoms with Gasteiger partial charge in [-0.3, -0.25) is 9.48 Å². The molecule has 3 aromatic rings. The van der Waals surface area contributed by atoms with Gasteiger partial charge in [0.15, 0.2) is 5.82 Å². The van der Waals surface area contributed by atoms with Gasteiger partial charge in [0.05, 0.1) is 34.8 Å². The highest BCUT2D eigenvalue weighted by molar-refractivity contribution is 6.40. The largest absolute Gasteiger partial charge is 0.497 e. The molecule has 0 atom stereocenters. The van der Waals surface area contributed by atoms with Crippen LogP contribution in [0.15, 0.2) is 48.7 Å². The number of nitrogens with one attached hydrogen (secondary N) is 1. The molecule has 0 fully saturated rings. The van der Waals surface area contributed by atoms with Gasteiger partial charge in [-0.05, 0) is 29.8 Å². The number of aromatic nitrogens is 2. The van der Waals surface area contributed by atoms with Gasteiger partial charge in [0.25, 0.3) is 5.91 Å². The lowest BCUT2D eigenvalue weighted by Gasteiger charge is -2.14. The van der Waals surface area contributed by atoms with E-state index in [1.165, 1.54) is 48.3 Å². The molecular weight excluding hydrogens is 430 g/mol. The predicted octanol–water partition coefficient (Wildman–Crippen LogP) is 5.52. The summed E-state index contributed by atoms with van der Waals surface area (Å²) in [5, 5.41) is 6.96. The zero-order chi connectivity index (χ0) is 21.2. The van der Waals surface area contributed by atoms with Gasteiger partial charge in [0.1, 0.15) is 5.75 Å². The number of alkyl halides is 3. The number of carbonyl (C=O) groups excluding carboxylic acids is 1. The SMILES string of the molecule is COc1ccc(Cn2ccc(NC(=O)c3c(Cl)cccc3Cl)n2)c(C(F)(F)F)c1. The molecule has 1 heterocycles. The Morgan fingerprint density at radius 3 is 2.48 bits per heavy atom. The van der Waals surface area contributed by atoms with Crippen LogP contribution >= 0.6 is 23.2 Å². The third-order valence-corrected chi connectivity index (χ3v) is 4.66. The second-order valence-corrected chi connectivity index (χ2v) is 6.78. The Labute approximate surface area is 174 Å². The van der Waals surface area contributed by atoms with Crippen LogP contribution in [-0.4, -0.2) is 22.8 Å². The van der Waals surface area contributed by atoms with Crippen LogP contribution in [0.1, 0.15) is 21.5 Å². The van der Waals surface area contributed by atoms with Crippen molar-refractivity contribution in [1.82, 2.24) is 9.78 Å². The van der Waals surface area contributed by atoms with Crippen LogP contribution in [0.25, 0.3) is 0 Å². The van der Waals surface area contributed by atoms with E-state index in [1.54, 1.807) is 6.07 Å². The normalized spacial score (nSPS) is 11.4. The lowest BCUT2D eigenvalue weighted by atomic mass is 10.1. The summed E-state index contributed by atoms with van der Waals surface area (Å²) in [6, 6.07) is 9.79. The Bertz CT molecular complexity index is 1030. The second kappa shape index (κ2) is 8.34. The van der Waals surface area contributed by atoms with Crippen molar-refractivity contribution in [2.75, 3.05) is 12.4 Å². The van der Waals surface area contributed by atoms with Crippen LogP contribution in [0, 0.1) is 0 Å². The number of hydrogen-bond acceptors (Lipinski definition) is 3. The van der Waals surface area contributed by atoms with E-state index in [0.717, 1.165) is 6.07 Å². The molecule has 0 bridgehead atoms. The average molecular weight is 444 g/mol. The number of benzene rings is 2. The maximum atomic E-state index is 13.3. The maximum absolute atomic E-state index is 13.3. The number of rotatable bonds is 5. The van der Waals surface area contributed by atoms with Gasteiger partial charge in [-0.25, -0.2) is 0 Å². The molecule has 2 aromatic carbocycles. The molecule has 0 spiro atoms. The Morgan fingerprint density at radius 1 is 1.17 bits per heavy atom. The van der Waals surface area contributed by atoms with Gasteiger partial charge in [-0.1, -0.05) is 35.3 Å². The second-order valence-electron chi connectivity index (χ2n) is 5.97. The van der Waals surface area contributed by atoms with Crippen LogP contribution < -0.4 is 10.1 Å². The molecular formula is C19H14Cl2F3N3O2. The zero-order valence-corrected chi connectivity index (χ0v) is 16.4. The fourth-order valence-corrected chi connectivity index (χ4v) is 3.24. The standard InChI is InChI=1S/C19H14Cl2F3N3O2/c1-29-12-6-5-11(13(9-12)19(22,23)24)10-27-8-7-16(26-27)25-18(28)17-14(20)3-2-4-15(17)21/h2-9H,10H2,1H3,(H,25,26,28). The first-order valence-electron chi connectivity index (χ1n) is 8.22. The number of ether oxygens (including phenoxy) is 1. The Balaban J connectivity index is 1.80. The van der Waals surface area contributed by atoms with Crippen molar-refractivity contribution in [2.24, 2.45) is 0 Å². The summed E-state index contributed by atoms with van der Waals surface area (Å²) in [5.74, 6) is -0.328. The minimum Gasteiger partial charge on any atom is -0.497 e. The first-order valence-corrected chi connectivity index (χ1v) is 8.97. The smallest absolute Gasteiger partial charge is 0.416 e. The van der Waals surface area contributed by atoms with Crippen molar-refractivity contribution in [3.8, 4) is 5.75 Å². The van der Waals surface area contributed by atoms with E-state index < -0.39 is 17.6 Å². The number of amides is 1. The molecule has 0 unspecified atom stereocenters. The van der Waals surface area contributed by atoms with E-state index in [-0.39, 0.29) is 39.3 Å². The molecule has 1 aromatic heterocycles. The molecule has 29 heavy (non-hydrogen) atoms. The molecule has 0 saturated heterocycles. The number of carbonyl (C=O) groups is 1. The number of halogens is 5. The number of anilines is 1. The highest BCUT2D eigenvalue weighted by atomic mass is 35.5. The van der Waals surface area contributed by atoms with Crippen molar-refractivity contribution in [3.63, 3.8) is 0 Å². The van der Waals surface area contributed by atoms with Gasteiger partial charge in [-0.15, -0.1) is 0 Å². The molecule has 0 aliphatic rings. The van der Waals surface area contributed by atoms with E-state index in [2.05, 4.69) is 10.4 Å². The first kappa shape index (κ1) is 21.0. The molecule has 5 nitrogen and oxygen atoms in total. The molecule has 3 rings (SSSR count). The number of nitrogens with zero attached hydrogens (tertiary/aromatic N) is 2. The van der Waals surface area contributed by atoms with Crippen LogP contribution in [0.2, 0.25) is 10.0 Å². The molecule has 0 aliphatic carbocycles. The topological polar surface area (TPSA) is 56.1 Å². The van der Waals surface area contributed by atoms with Gasteiger partial charge in [0, 0.05) is 12.3 Å². The zero-order valence-electron chi connectivity index (χ0n) is 14.9. The quantitative estimate of drug-likeness (QED) is 0.564. The van der Waals surface area contributed by atoms with Gasteiger partial charge in [0.2, 0.25) is 0 Å². The van der Waals surface area contributed by atoms with Gasteiger partial charge in [-0.2, -0.15) is 18.3 Å². The molecule has 0 radical (unpaired) electrons. The summed E-state index contributed by atoms with van der Waals surface area (Å²) < 4.78 is 46.2. The van der Waals surface area contributed by atoms with E-state index in [0.29, 0.717) is 0 Å². The molecule has 0 aliphatic heterocycles. The van der Waals surface area contributed by atoms with Crippen LogP contribution in [0.4, 0.5) is 19.0 Å². The Hall–Kier alpha value is -2.71. The summed E-state index contributed by atoms with van der Waals surface area (Å²) in [4.78, 5) is 12.4. The van der Waals surface area contributed by atoms with Crippen LogP contribution in [0.5, 0.6) is 5.75 Å². The van der Waals surface area contributed by atoms with Crippen molar-refractivity contribution in [1.29, 1.82) is 0 Å². The summed E-state index contributed by atoms with van der Waals surface area (Å²) in [6.07, 6.45) is -3.09. The minimum absolute atomic E-state index is 0.00780. The average Bonchev–Trinajstić information content (AvgIpc) is 3.07. The van der Waals surface area contributed by atoms with Crippen molar-refractivity contribution >= 4 is 34.9 Å². The summed E-state index contributed by atoms with van der Waals surface area (Å²) >= 11 is 12.0. The van der Waals surface area contributed by atoms with Crippen molar-refractivity contribution < 1.29 is 22.7 Å². The van der Waals surface area contributed by atoms with E-state index >= 15 is 0 Å². The number of methoxy groups -OCH3 is 1. The molecule has 1 N–H and O–H groups in total. The Morgan fingerprint density at radius 2 is 1.86 bits per heavy atom. The van der Waals surface area contributed by atoms with Crippen LogP contribution in [0.3, 0.4) is 0 Å². The van der Waals surface area contributed by atoms with Crippen molar-refractivity contribution in [2.45, 2.75) is 12.7 Å². The summed E-state index contributed by atoms with van der Waals surface area (Å²) in [5.41, 5.74) is -0.728. The summed E-state index contributed by atoms with van der Waals surface area (Å²) in [7, 11) is 1.29. The van der Waals surface area contributed by atoms with Crippen LogP contribution in [-0.2, 0) is 12.7 Å². The number of hydrogen-bond donors (Lipinski definition) is 1. The maximum Gasteiger partial charge on any atom is 0.416 e. The van der Waals surface area contributed by atoms with E-state index in [9.17, 15) is 18.0 Å². The van der Waals surface area contributed by atoms with Gasteiger partial charge < -0.3 is 10.1 Å². The lowest BCUT2D eigenvalue weighted by molar-refractivity contribution is -0.138. The van der Waals surface area contributed by atoms with Gasteiger partial charge >= 0.3 is 6.18 Å². The molecule has 152 valence electrons. The molecule has 10 heteroatoms. The lowest BCUT2D eigenvalue weighted by Crippen LogP contribution is -2.15. The monoisotopic (exact) mass is 443 g/mol. The predicted molar refractivity (Wildman–Crippen MR) is 104 cm³/mol. The molecule has 0 saturated carbocycles.